The molecule has 1 aromatic carbocycles. The summed E-state index contributed by atoms with van der Waals surface area (Å²) in [7, 11) is 1.63. The fourth-order valence-electron chi connectivity index (χ4n) is 3.07. The molecule has 0 atom stereocenters. The van der Waals surface area contributed by atoms with Gasteiger partial charge < -0.3 is 19.3 Å². The SMILES string of the molecule is COc1ccc(-c2noc(-c3ccc(NCCCN4CCOCC4)nn3)n2)cc1. The fraction of sp³-hybridized carbons (Fsp3) is 0.400. The zero-order chi connectivity index (χ0) is 19.9. The Labute approximate surface area is 169 Å². The second-order valence-corrected chi connectivity index (χ2v) is 6.69. The molecule has 9 nitrogen and oxygen atoms in total. The van der Waals surface area contributed by atoms with Crippen LogP contribution in [0.3, 0.4) is 0 Å². The van der Waals surface area contributed by atoms with Crippen molar-refractivity contribution in [2.24, 2.45) is 0 Å². The van der Waals surface area contributed by atoms with Gasteiger partial charge in [0, 0.05) is 25.2 Å². The van der Waals surface area contributed by atoms with Crippen molar-refractivity contribution in [3.63, 3.8) is 0 Å². The predicted molar refractivity (Wildman–Crippen MR) is 108 cm³/mol. The normalized spacial score (nSPS) is 14.7. The Kier molecular flexibility index (Phi) is 6.28. The van der Waals surface area contributed by atoms with Crippen LogP contribution in [0.4, 0.5) is 5.82 Å². The first-order valence-electron chi connectivity index (χ1n) is 9.68. The molecule has 1 aliphatic rings. The molecular weight excluding hydrogens is 372 g/mol. The van der Waals surface area contributed by atoms with Gasteiger partial charge in [-0.25, -0.2) is 0 Å². The number of benzene rings is 1. The first kappa shape index (κ1) is 19.3. The minimum Gasteiger partial charge on any atom is -0.497 e. The summed E-state index contributed by atoms with van der Waals surface area (Å²) in [5.74, 6) is 2.33. The summed E-state index contributed by atoms with van der Waals surface area (Å²) in [6, 6.07) is 11.2. The van der Waals surface area contributed by atoms with Crippen LogP contribution >= 0.6 is 0 Å². The summed E-state index contributed by atoms with van der Waals surface area (Å²) in [4.78, 5) is 6.82. The summed E-state index contributed by atoms with van der Waals surface area (Å²) in [6.07, 6.45) is 1.04. The van der Waals surface area contributed by atoms with Gasteiger partial charge in [-0.15, -0.1) is 10.2 Å². The second kappa shape index (κ2) is 9.44. The topological polar surface area (TPSA) is 98.4 Å². The molecule has 1 saturated heterocycles. The highest BCUT2D eigenvalue weighted by molar-refractivity contribution is 5.59. The third-order valence-corrected chi connectivity index (χ3v) is 4.72. The molecule has 0 saturated carbocycles. The largest absolute Gasteiger partial charge is 0.497 e. The minimum absolute atomic E-state index is 0.335. The Hall–Kier alpha value is -3.04. The highest BCUT2D eigenvalue weighted by Crippen LogP contribution is 2.23. The van der Waals surface area contributed by atoms with Crippen LogP contribution in [0.15, 0.2) is 40.9 Å². The van der Waals surface area contributed by atoms with Crippen LogP contribution in [-0.2, 0) is 4.74 Å². The molecule has 29 heavy (non-hydrogen) atoms. The number of hydrogen-bond donors (Lipinski definition) is 1. The molecule has 1 aliphatic heterocycles. The molecule has 1 N–H and O–H groups in total. The van der Waals surface area contributed by atoms with Crippen LogP contribution in [0.2, 0.25) is 0 Å². The lowest BCUT2D eigenvalue weighted by molar-refractivity contribution is 0.0378. The van der Waals surface area contributed by atoms with Crippen LogP contribution in [-0.4, -0.2) is 71.7 Å². The van der Waals surface area contributed by atoms with Gasteiger partial charge in [-0.05, 0) is 49.4 Å². The molecule has 0 spiro atoms. The highest BCUT2D eigenvalue weighted by atomic mass is 16.5. The van der Waals surface area contributed by atoms with E-state index in [1.807, 2.05) is 36.4 Å². The molecule has 4 rings (SSSR count). The number of nitrogens with zero attached hydrogens (tertiary/aromatic N) is 5. The summed E-state index contributed by atoms with van der Waals surface area (Å²) in [5, 5.41) is 15.7. The van der Waals surface area contributed by atoms with Crippen LogP contribution < -0.4 is 10.1 Å². The standard InChI is InChI=1S/C20H24N6O3/c1-27-16-5-3-15(4-6-16)19-22-20(29-25-19)17-7-8-18(24-23-17)21-9-2-10-26-11-13-28-14-12-26/h3-8H,2,9-14H2,1H3,(H,21,24). The van der Waals surface area contributed by atoms with Gasteiger partial charge in [0.05, 0.1) is 20.3 Å². The molecule has 0 bridgehead atoms. The molecule has 0 unspecified atom stereocenters. The average molecular weight is 396 g/mol. The molecule has 3 heterocycles. The molecule has 9 heteroatoms. The van der Waals surface area contributed by atoms with E-state index in [-0.39, 0.29) is 0 Å². The van der Waals surface area contributed by atoms with E-state index < -0.39 is 0 Å². The van der Waals surface area contributed by atoms with Crippen molar-refractivity contribution >= 4 is 5.82 Å². The first-order chi connectivity index (χ1) is 14.3. The summed E-state index contributed by atoms with van der Waals surface area (Å²) in [5.41, 5.74) is 1.38. The highest BCUT2D eigenvalue weighted by Gasteiger charge is 2.13. The van der Waals surface area contributed by atoms with Gasteiger partial charge in [0.25, 0.3) is 5.89 Å². The van der Waals surface area contributed by atoms with Crippen molar-refractivity contribution in [3.8, 4) is 28.7 Å². The van der Waals surface area contributed by atoms with Crippen molar-refractivity contribution < 1.29 is 14.0 Å². The van der Waals surface area contributed by atoms with Crippen molar-refractivity contribution in [2.75, 3.05) is 51.8 Å². The van der Waals surface area contributed by atoms with Crippen LogP contribution in [0, 0.1) is 0 Å². The molecule has 0 radical (unpaired) electrons. The Balaban J connectivity index is 1.30. The van der Waals surface area contributed by atoms with Gasteiger partial charge in [-0.2, -0.15) is 4.98 Å². The number of morpholine rings is 1. The number of aromatic nitrogens is 4. The van der Waals surface area contributed by atoms with Gasteiger partial charge in [0.15, 0.2) is 5.69 Å². The van der Waals surface area contributed by atoms with Gasteiger partial charge >= 0.3 is 0 Å². The van der Waals surface area contributed by atoms with Crippen LogP contribution in [0.5, 0.6) is 5.75 Å². The lowest BCUT2D eigenvalue weighted by atomic mass is 10.2. The molecule has 2 aromatic heterocycles. The van der Waals surface area contributed by atoms with Crippen molar-refractivity contribution in [2.45, 2.75) is 6.42 Å². The van der Waals surface area contributed by atoms with E-state index in [1.165, 1.54) is 0 Å². The van der Waals surface area contributed by atoms with E-state index in [4.69, 9.17) is 14.0 Å². The molecule has 152 valence electrons. The lowest BCUT2D eigenvalue weighted by Crippen LogP contribution is -2.37. The molecule has 0 amide bonds. The maximum atomic E-state index is 5.36. The van der Waals surface area contributed by atoms with Gasteiger partial charge in [0.2, 0.25) is 5.82 Å². The third kappa shape index (κ3) is 5.07. The van der Waals surface area contributed by atoms with Gasteiger partial charge in [-0.3, -0.25) is 4.90 Å². The van der Waals surface area contributed by atoms with E-state index >= 15 is 0 Å². The molecule has 1 fully saturated rings. The smallest absolute Gasteiger partial charge is 0.278 e. The Morgan fingerprint density at radius 2 is 1.90 bits per heavy atom. The number of rotatable bonds is 8. The zero-order valence-electron chi connectivity index (χ0n) is 16.4. The van der Waals surface area contributed by atoms with E-state index in [0.717, 1.165) is 62.9 Å². The van der Waals surface area contributed by atoms with Crippen molar-refractivity contribution in [1.29, 1.82) is 0 Å². The maximum absolute atomic E-state index is 5.36. The first-order valence-corrected chi connectivity index (χ1v) is 9.68. The number of anilines is 1. The second-order valence-electron chi connectivity index (χ2n) is 6.69. The fourth-order valence-corrected chi connectivity index (χ4v) is 3.07. The zero-order valence-corrected chi connectivity index (χ0v) is 16.4. The Bertz CT molecular complexity index is 891. The van der Waals surface area contributed by atoms with E-state index in [9.17, 15) is 0 Å². The summed E-state index contributed by atoms with van der Waals surface area (Å²) < 4.78 is 15.9. The van der Waals surface area contributed by atoms with Crippen molar-refractivity contribution in [1.82, 2.24) is 25.2 Å². The third-order valence-electron chi connectivity index (χ3n) is 4.72. The van der Waals surface area contributed by atoms with Crippen LogP contribution in [0.1, 0.15) is 6.42 Å². The summed E-state index contributed by atoms with van der Waals surface area (Å²) in [6.45, 7) is 5.58. The number of hydrogen-bond acceptors (Lipinski definition) is 9. The van der Waals surface area contributed by atoms with Crippen molar-refractivity contribution in [3.05, 3.63) is 36.4 Å². The molecule has 0 aliphatic carbocycles. The number of nitrogens with one attached hydrogen (secondary N) is 1. The number of ether oxygens (including phenoxy) is 2. The predicted octanol–water partition coefficient (Wildman–Crippen LogP) is 2.34. The summed E-state index contributed by atoms with van der Waals surface area (Å²) >= 11 is 0. The Morgan fingerprint density at radius 3 is 2.62 bits per heavy atom. The quantitative estimate of drug-likeness (QED) is 0.575. The molecular formula is C20H24N6O3. The Morgan fingerprint density at radius 1 is 1.07 bits per heavy atom. The van der Waals surface area contributed by atoms with E-state index in [2.05, 4.69) is 30.6 Å². The van der Waals surface area contributed by atoms with Gasteiger partial charge in [0.1, 0.15) is 11.6 Å². The lowest BCUT2D eigenvalue weighted by Gasteiger charge is -2.26. The van der Waals surface area contributed by atoms with Crippen LogP contribution in [0.25, 0.3) is 23.0 Å². The monoisotopic (exact) mass is 396 g/mol. The maximum Gasteiger partial charge on any atom is 0.278 e. The average Bonchev–Trinajstić information content (AvgIpc) is 3.28. The van der Waals surface area contributed by atoms with Gasteiger partial charge in [-0.1, -0.05) is 5.16 Å². The molecule has 3 aromatic rings. The van der Waals surface area contributed by atoms with E-state index in [1.54, 1.807) is 7.11 Å². The number of methoxy groups -OCH3 is 1. The minimum atomic E-state index is 0.335. The van der Waals surface area contributed by atoms with E-state index in [0.29, 0.717) is 17.4 Å².